The first kappa shape index (κ1) is 14.7. The molecular formula is C22H19NO. The van der Waals surface area contributed by atoms with Crippen LogP contribution in [0.5, 0.6) is 0 Å². The molecule has 0 saturated carbocycles. The Labute approximate surface area is 142 Å². The Bertz CT molecular complexity index is 831. The Kier molecular flexibility index (Phi) is 3.89. The second-order valence-corrected chi connectivity index (χ2v) is 5.93. The summed E-state index contributed by atoms with van der Waals surface area (Å²) in [6.45, 7) is 0.179. The Morgan fingerprint density at radius 3 is 1.75 bits per heavy atom. The number of fused-ring (bicyclic) bond motifs is 2. The number of benzene rings is 3. The van der Waals surface area contributed by atoms with Crippen molar-refractivity contribution >= 4 is 29.2 Å². The lowest BCUT2D eigenvalue weighted by Gasteiger charge is -2.27. The molecule has 2 heteroatoms. The standard InChI is InChI=1S/C22H19NO/c24-16-15-17-9-13-20(14-10-17)23-21-7-3-1-5-18(21)11-12-19-6-2-4-8-22(19)23/h1-14,24H,15-16H2. The van der Waals surface area contributed by atoms with E-state index in [0.29, 0.717) is 6.42 Å². The minimum absolute atomic E-state index is 0.179. The lowest BCUT2D eigenvalue weighted by molar-refractivity contribution is 0.299. The van der Waals surface area contributed by atoms with Crippen molar-refractivity contribution in [2.45, 2.75) is 6.42 Å². The number of para-hydroxylation sites is 2. The van der Waals surface area contributed by atoms with Crippen molar-refractivity contribution in [1.29, 1.82) is 0 Å². The number of aliphatic hydroxyl groups excluding tert-OH is 1. The molecule has 0 spiro atoms. The molecule has 0 aromatic heterocycles. The molecule has 4 rings (SSSR count). The summed E-state index contributed by atoms with van der Waals surface area (Å²) >= 11 is 0. The van der Waals surface area contributed by atoms with Crippen molar-refractivity contribution in [1.82, 2.24) is 0 Å². The van der Waals surface area contributed by atoms with Gasteiger partial charge in [0.1, 0.15) is 0 Å². The van der Waals surface area contributed by atoms with Crippen LogP contribution in [0.15, 0.2) is 72.8 Å². The van der Waals surface area contributed by atoms with Gasteiger partial charge in [0.2, 0.25) is 0 Å². The van der Waals surface area contributed by atoms with E-state index in [0.717, 1.165) is 11.3 Å². The Hall–Kier alpha value is -2.84. The molecule has 24 heavy (non-hydrogen) atoms. The summed E-state index contributed by atoms with van der Waals surface area (Å²) in [5.74, 6) is 0. The first-order valence-corrected chi connectivity index (χ1v) is 8.23. The van der Waals surface area contributed by atoms with E-state index in [4.69, 9.17) is 5.11 Å². The topological polar surface area (TPSA) is 23.5 Å². The smallest absolute Gasteiger partial charge is 0.0534 e. The number of aliphatic hydroxyl groups is 1. The van der Waals surface area contributed by atoms with Crippen molar-refractivity contribution in [2.75, 3.05) is 11.5 Å². The van der Waals surface area contributed by atoms with Gasteiger partial charge in [-0.3, -0.25) is 0 Å². The van der Waals surface area contributed by atoms with Crippen molar-refractivity contribution < 1.29 is 5.11 Å². The van der Waals surface area contributed by atoms with E-state index in [9.17, 15) is 0 Å². The summed E-state index contributed by atoms with van der Waals surface area (Å²) in [5.41, 5.74) is 7.03. The van der Waals surface area contributed by atoms with Gasteiger partial charge in [-0.15, -0.1) is 0 Å². The van der Waals surface area contributed by atoms with E-state index in [1.54, 1.807) is 0 Å². The van der Waals surface area contributed by atoms with E-state index < -0.39 is 0 Å². The first-order valence-electron chi connectivity index (χ1n) is 8.23. The van der Waals surface area contributed by atoms with Gasteiger partial charge in [-0.2, -0.15) is 0 Å². The minimum atomic E-state index is 0.179. The lowest BCUT2D eigenvalue weighted by Crippen LogP contribution is -2.11. The molecule has 0 aliphatic carbocycles. The SMILES string of the molecule is OCCc1ccc(N2c3ccccc3C=Cc3ccccc32)cc1. The minimum Gasteiger partial charge on any atom is -0.396 e. The van der Waals surface area contributed by atoms with Crippen molar-refractivity contribution in [3.63, 3.8) is 0 Å². The number of rotatable bonds is 3. The quantitative estimate of drug-likeness (QED) is 0.563. The highest BCUT2D eigenvalue weighted by Crippen LogP contribution is 2.41. The first-order chi connectivity index (χ1) is 11.9. The molecule has 1 heterocycles. The summed E-state index contributed by atoms with van der Waals surface area (Å²) in [5, 5.41) is 9.12. The summed E-state index contributed by atoms with van der Waals surface area (Å²) in [6.07, 6.45) is 5.04. The molecule has 1 aliphatic rings. The highest BCUT2D eigenvalue weighted by Gasteiger charge is 2.18. The number of hydrogen-bond acceptors (Lipinski definition) is 2. The average molecular weight is 313 g/mol. The largest absolute Gasteiger partial charge is 0.396 e. The summed E-state index contributed by atoms with van der Waals surface area (Å²) in [6, 6.07) is 25.3. The van der Waals surface area contributed by atoms with Gasteiger partial charge in [0, 0.05) is 12.3 Å². The molecule has 0 unspecified atom stereocenters. The molecule has 0 atom stereocenters. The highest BCUT2D eigenvalue weighted by molar-refractivity contribution is 5.93. The van der Waals surface area contributed by atoms with Gasteiger partial charge in [0.15, 0.2) is 0 Å². The van der Waals surface area contributed by atoms with Crippen LogP contribution in [0.25, 0.3) is 12.2 Å². The Balaban J connectivity index is 1.88. The second kappa shape index (κ2) is 6.34. The third-order valence-corrected chi connectivity index (χ3v) is 4.39. The number of hydrogen-bond donors (Lipinski definition) is 1. The molecule has 118 valence electrons. The van der Waals surface area contributed by atoms with Crippen LogP contribution in [-0.4, -0.2) is 11.7 Å². The van der Waals surface area contributed by atoms with Crippen LogP contribution in [0.3, 0.4) is 0 Å². The van der Waals surface area contributed by atoms with E-state index in [2.05, 4.69) is 89.8 Å². The van der Waals surface area contributed by atoms with Crippen LogP contribution < -0.4 is 4.90 Å². The van der Waals surface area contributed by atoms with Gasteiger partial charge in [-0.05, 0) is 47.4 Å². The van der Waals surface area contributed by atoms with E-state index in [-0.39, 0.29) is 6.61 Å². The maximum absolute atomic E-state index is 9.12. The van der Waals surface area contributed by atoms with Crippen LogP contribution in [-0.2, 0) is 6.42 Å². The third-order valence-electron chi connectivity index (χ3n) is 4.39. The fourth-order valence-corrected chi connectivity index (χ4v) is 3.19. The highest BCUT2D eigenvalue weighted by atomic mass is 16.2. The fraction of sp³-hybridized carbons (Fsp3) is 0.0909. The van der Waals surface area contributed by atoms with Crippen LogP contribution in [0.4, 0.5) is 17.1 Å². The van der Waals surface area contributed by atoms with Crippen molar-refractivity contribution in [3.8, 4) is 0 Å². The zero-order valence-corrected chi connectivity index (χ0v) is 13.4. The summed E-state index contributed by atoms with van der Waals surface area (Å²) in [7, 11) is 0. The monoisotopic (exact) mass is 313 g/mol. The van der Waals surface area contributed by atoms with Gasteiger partial charge in [0.25, 0.3) is 0 Å². The van der Waals surface area contributed by atoms with Crippen LogP contribution >= 0.6 is 0 Å². The Morgan fingerprint density at radius 1 is 0.667 bits per heavy atom. The molecular weight excluding hydrogens is 294 g/mol. The molecule has 3 aromatic carbocycles. The number of anilines is 3. The van der Waals surface area contributed by atoms with Gasteiger partial charge >= 0.3 is 0 Å². The van der Waals surface area contributed by atoms with E-state index in [1.165, 1.54) is 22.5 Å². The molecule has 0 amide bonds. The van der Waals surface area contributed by atoms with Gasteiger partial charge in [-0.1, -0.05) is 60.7 Å². The molecule has 2 nitrogen and oxygen atoms in total. The molecule has 0 radical (unpaired) electrons. The van der Waals surface area contributed by atoms with Gasteiger partial charge in [-0.25, -0.2) is 0 Å². The zero-order valence-electron chi connectivity index (χ0n) is 13.4. The Morgan fingerprint density at radius 2 is 1.21 bits per heavy atom. The third kappa shape index (κ3) is 2.61. The molecule has 3 aromatic rings. The molecule has 1 aliphatic heterocycles. The predicted octanol–water partition coefficient (Wildman–Crippen LogP) is 5.18. The van der Waals surface area contributed by atoms with Crippen molar-refractivity contribution in [3.05, 3.63) is 89.5 Å². The zero-order chi connectivity index (χ0) is 16.4. The lowest BCUT2D eigenvalue weighted by atomic mass is 10.1. The predicted molar refractivity (Wildman–Crippen MR) is 101 cm³/mol. The molecule has 0 fully saturated rings. The van der Waals surface area contributed by atoms with E-state index >= 15 is 0 Å². The van der Waals surface area contributed by atoms with Crippen LogP contribution in [0.2, 0.25) is 0 Å². The van der Waals surface area contributed by atoms with Gasteiger partial charge in [0.05, 0.1) is 11.4 Å². The van der Waals surface area contributed by atoms with Crippen molar-refractivity contribution in [2.24, 2.45) is 0 Å². The second-order valence-electron chi connectivity index (χ2n) is 5.93. The summed E-state index contributed by atoms with van der Waals surface area (Å²) < 4.78 is 0. The average Bonchev–Trinajstić information content (AvgIpc) is 2.80. The maximum atomic E-state index is 9.12. The molecule has 0 bridgehead atoms. The normalized spacial score (nSPS) is 12.5. The van der Waals surface area contributed by atoms with Crippen LogP contribution in [0.1, 0.15) is 16.7 Å². The van der Waals surface area contributed by atoms with Crippen LogP contribution in [0, 0.1) is 0 Å². The number of nitrogens with zero attached hydrogens (tertiary/aromatic N) is 1. The molecule has 1 N–H and O–H groups in total. The molecule has 0 saturated heterocycles. The van der Waals surface area contributed by atoms with E-state index in [1.807, 2.05) is 0 Å². The fourth-order valence-electron chi connectivity index (χ4n) is 3.19. The van der Waals surface area contributed by atoms with Gasteiger partial charge < -0.3 is 10.0 Å². The summed E-state index contributed by atoms with van der Waals surface area (Å²) in [4.78, 5) is 2.30. The maximum Gasteiger partial charge on any atom is 0.0534 e.